The molecule has 3 heterocycles. The van der Waals surface area contributed by atoms with E-state index in [4.69, 9.17) is 30.9 Å². The fourth-order valence-corrected chi connectivity index (χ4v) is 4.08. The van der Waals surface area contributed by atoms with Crippen LogP contribution in [0.5, 0.6) is 11.8 Å². The molecular formula is C22H23ClFN3O5. The minimum absolute atomic E-state index is 0.158. The lowest BCUT2D eigenvalue weighted by Gasteiger charge is -2.31. The van der Waals surface area contributed by atoms with E-state index in [1.165, 1.54) is 6.07 Å². The normalized spacial score (nSPS) is 23.8. The molecule has 32 heavy (non-hydrogen) atoms. The number of rotatable bonds is 6. The summed E-state index contributed by atoms with van der Waals surface area (Å²) in [6.07, 6.45) is 1.68. The minimum atomic E-state index is -0.832. The second kappa shape index (κ2) is 8.82. The molecule has 0 spiro atoms. The molecule has 3 aromatic rings. The van der Waals surface area contributed by atoms with Crippen molar-refractivity contribution in [2.75, 3.05) is 13.2 Å². The summed E-state index contributed by atoms with van der Waals surface area (Å²) in [4.78, 5) is 11.7. The molecule has 10 heteroatoms. The number of nitrogens with one attached hydrogen (secondary N) is 1. The Bertz CT molecular complexity index is 1120. The second-order valence-corrected chi connectivity index (χ2v) is 8.55. The van der Waals surface area contributed by atoms with Crippen LogP contribution in [0.25, 0.3) is 22.4 Å². The number of halogens is 2. The zero-order valence-corrected chi connectivity index (χ0v) is 17.9. The molecule has 2 fully saturated rings. The molecule has 1 saturated carbocycles. The number of H-pyrrole nitrogens is 1. The van der Waals surface area contributed by atoms with E-state index in [1.807, 2.05) is 0 Å². The maximum absolute atomic E-state index is 14.8. The van der Waals surface area contributed by atoms with Gasteiger partial charge in [0.25, 0.3) is 6.01 Å². The third kappa shape index (κ3) is 4.25. The third-order valence-electron chi connectivity index (χ3n) is 5.84. The number of aliphatic hydroxyl groups is 2. The summed E-state index contributed by atoms with van der Waals surface area (Å²) in [5.74, 6) is 0.0123. The van der Waals surface area contributed by atoms with Crippen LogP contribution in [0.1, 0.15) is 25.7 Å². The molecule has 3 atom stereocenters. The SMILES string of the molecule is OCC1OC[C@H](Oc2nc3nc(-c4ccc(OC5CCC5)cc4F)c(Cl)cc3[nH]2)C[C@@H]1O. The number of pyridine rings is 1. The van der Waals surface area contributed by atoms with Crippen LogP contribution in [-0.4, -0.2) is 62.8 Å². The molecule has 1 unspecified atom stereocenters. The van der Waals surface area contributed by atoms with Gasteiger partial charge in [-0.15, -0.1) is 0 Å². The van der Waals surface area contributed by atoms with Gasteiger partial charge < -0.3 is 29.4 Å². The third-order valence-corrected chi connectivity index (χ3v) is 6.13. The highest BCUT2D eigenvalue weighted by molar-refractivity contribution is 6.33. The van der Waals surface area contributed by atoms with Gasteiger partial charge in [0, 0.05) is 18.1 Å². The van der Waals surface area contributed by atoms with Crippen molar-refractivity contribution >= 4 is 22.8 Å². The zero-order chi connectivity index (χ0) is 22.2. The van der Waals surface area contributed by atoms with Crippen molar-refractivity contribution in [2.45, 2.75) is 50.1 Å². The number of fused-ring (bicyclic) bond motifs is 1. The Morgan fingerprint density at radius 3 is 2.72 bits per heavy atom. The van der Waals surface area contributed by atoms with E-state index in [0.717, 1.165) is 19.3 Å². The van der Waals surface area contributed by atoms with Crippen molar-refractivity contribution in [2.24, 2.45) is 0 Å². The highest BCUT2D eigenvalue weighted by atomic mass is 35.5. The molecule has 8 nitrogen and oxygen atoms in total. The first-order chi connectivity index (χ1) is 15.5. The van der Waals surface area contributed by atoms with Crippen LogP contribution in [0.3, 0.4) is 0 Å². The van der Waals surface area contributed by atoms with Crippen molar-refractivity contribution in [1.82, 2.24) is 15.0 Å². The number of aromatic amines is 1. The molecule has 1 aliphatic carbocycles. The highest BCUT2D eigenvalue weighted by Gasteiger charge is 2.31. The number of hydrogen-bond acceptors (Lipinski definition) is 7. The van der Waals surface area contributed by atoms with Gasteiger partial charge in [0.15, 0.2) is 5.65 Å². The molecule has 170 valence electrons. The summed E-state index contributed by atoms with van der Waals surface area (Å²) < 4.78 is 31.7. The molecule has 0 radical (unpaired) electrons. The first-order valence-corrected chi connectivity index (χ1v) is 11.0. The first kappa shape index (κ1) is 21.4. The monoisotopic (exact) mass is 463 g/mol. The largest absolute Gasteiger partial charge is 0.490 e. The average molecular weight is 464 g/mol. The summed E-state index contributed by atoms with van der Waals surface area (Å²) in [5.41, 5.74) is 1.37. The van der Waals surface area contributed by atoms with Gasteiger partial charge in [0.05, 0.1) is 41.7 Å². The van der Waals surface area contributed by atoms with Crippen LogP contribution in [0.4, 0.5) is 4.39 Å². The maximum Gasteiger partial charge on any atom is 0.296 e. The Morgan fingerprint density at radius 2 is 2.03 bits per heavy atom. The van der Waals surface area contributed by atoms with Crippen molar-refractivity contribution < 1.29 is 28.8 Å². The van der Waals surface area contributed by atoms with Gasteiger partial charge >= 0.3 is 0 Å². The first-order valence-electron chi connectivity index (χ1n) is 10.6. The Hall–Kier alpha value is -2.46. The molecule has 1 aliphatic heterocycles. The van der Waals surface area contributed by atoms with Crippen LogP contribution in [0.2, 0.25) is 5.02 Å². The van der Waals surface area contributed by atoms with E-state index in [2.05, 4.69) is 15.0 Å². The number of aromatic nitrogens is 3. The summed E-state index contributed by atoms with van der Waals surface area (Å²) in [6, 6.07) is 6.47. The summed E-state index contributed by atoms with van der Waals surface area (Å²) in [7, 11) is 0. The Labute approximate surface area is 188 Å². The molecule has 0 amide bonds. The quantitative estimate of drug-likeness (QED) is 0.514. The Balaban J connectivity index is 1.36. The van der Waals surface area contributed by atoms with Gasteiger partial charge in [-0.2, -0.15) is 4.98 Å². The summed E-state index contributed by atoms with van der Waals surface area (Å²) >= 11 is 6.39. The molecule has 1 saturated heterocycles. The van der Waals surface area contributed by atoms with E-state index in [-0.39, 0.29) is 41.6 Å². The van der Waals surface area contributed by atoms with Crippen molar-refractivity contribution in [1.29, 1.82) is 0 Å². The van der Waals surface area contributed by atoms with E-state index < -0.39 is 24.1 Å². The summed E-state index contributed by atoms with van der Waals surface area (Å²) in [5, 5.41) is 19.4. The molecule has 5 rings (SSSR count). The van der Waals surface area contributed by atoms with Gasteiger partial charge in [-0.1, -0.05) is 11.6 Å². The van der Waals surface area contributed by atoms with Crippen LogP contribution in [-0.2, 0) is 4.74 Å². The topological polar surface area (TPSA) is 110 Å². The lowest BCUT2D eigenvalue weighted by atomic mass is 9.96. The van der Waals surface area contributed by atoms with Gasteiger partial charge in [0.1, 0.15) is 23.8 Å². The van der Waals surface area contributed by atoms with E-state index in [0.29, 0.717) is 23.3 Å². The predicted molar refractivity (Wildman–Crippen MR) is 114 cm³/mol. The number of nitrogens with zero attached hydrogens (tertiary/aromatic N) is 2. The van der Waals surface area contributed by atoms with E-state index >= 15 is 0 Å². The van der Waals surface area contributed by atoms with Gasteiger partial charge in [-0.3, -0.25) is 0 Å². The van der Waals surface area contributed by atoms with Crippen LogP contribution in [0, 0.1) is 5.82 Å². The van der Waals surface area contributed by atoms with Crippen molar-refractivity contribution in [3.05, 3.63) is 35.1 Å². The number of ether oxygens (including phenoxy) is 3. The molecule has 0 bridgehead atoms. The standard InChI is InChI=1S/C22H23ClFN3O5/c23-15-8-17-21(27-22(25-17)32-13-7-18(29)19(9-28)30-10-13)26-20(15)14-5-4-12(6-16(14)24)31-11-2-1-3-11/h4-6,8,11,13,18-19,28-29H,1-3,7,9-10H2,(H,25,26,27)/t13-,18+,19?/m1/s1. The highest BCUT2D eigenvalue weighted by Crippen LogP contribution is 2.34. The molecular weight excluding hydrogens is 441 g/mol. The number of hydrogen-bond donors (Lipinski definition) is 3. The van der Waals surface area contributed by atoms with Crippen molar-refractivity contribution in [3.63, 3.8) is 0 Å². The van der Waals surface area contributed by atoms with Gasteiger partial charge in [0.2, 0.25) is 0 Å². The summed E-state index contributed by atoms with van der Waals surface area (Å²) in [6.45, 7) is -0.0484. The smallest absolute Gasteiger partial charge is 0.296 e. The zero-order valence-electron chi connectivity index (χ0n) is 17.1. The van der Waals surface area contributed by atoms with E-state index in [1.54, 1.807) is 18.2 Å². The average Bonchev–Trinajstić information content (AvgIpc) is 3.11. The van der Waals surface area contributed by atoms with Gasteiger partial charge in [-0.25, -0.2) is 9.37 Å². The molecule has 1 aromatic carbocycles. The number of aliphatic hydroxyl groups excluding tert-OH is 2. The fourth-order valence-electron chi connectivity index (χ4n) is 3.83. The van der Waals surface area contributed by atoms with Crippen LogP contribution < -0.4 is 9.47 Å². The Morgan fingerprint density at radius 1 is 1.19 bits per heavy atom. The lowest BCUT2D eigenvalue weighted by Crippen LogP contribution is -2.45. The maximum atomic E-state index is 14.8. The molecule has 2 aromatic heterocycles. The van der Waals surface area contributed by atoms with Crippen molar-refractivity contribution in [3.8, 4) is 23.0 Å². The fraction of sp³-hybridized carbons (Fsp3) is 0.455. The molecule has 2 aliphatic rings. The van der Waals surface area contributed by atoms with E-state index in [9.17, 15) is 9.50 Å². The second-order valence-electron chi connectivity index (χ2n) is 8.14. The van der Waals surface area contributed by atoms with Gasteiger partial charge in [-0.05, 0) is 37.5 Å². The Kier molecular flexibility index (Phi) is 5.90. The predicted octanol–water partition coefficient (Wildman–Crippen LogP) is 3.24. The lowest BCUT2D eigenvalue weighted by molar-refractivity contribution is -0.131. The van der Waals surface area contributed by atoms with Crippen LogP contribution in [0.15, 0.2) is 24.3 Å². The molecule has 3 N–H and O–H groups in total. The number of imidazole rings is 1. The minimum Gasteiger partial charge on any atom is -0.490 e. The van der Waals surface area contributed by atoms with Crippen LogP contribution >= 0.6 is 11.6 Å². The number of benzene rings is 1.